The van der Waals surface area contributed by atoms with Crippen molar-refractivity contribution in [2.24, 2.45) is 5.92 Å². The monoisotopic (exact) mass is 127 g/mol. The Hall–Kier alpha value is -0.0800. The zero-order valence-corrected chi connectivity index (χ0v) is 5.58. The predicted octanol–water partition coefficient (Wildman–Crippen LogP) is 0.0729. The van der Waals surface area contributed by atoms with Crippen molar-refractivity contribution in [3.8, 4) is 0 Å². The van der Waals surface area contributed by atoms with E-state index in [1.165, 1.54) is 19.5 Å². The van der Waals surface area contributed by atoms with Gasteiger partial charge < -0.3 is 10.0 Å². The van der Waals surface area contributed by atoms with E-state index in [1.54, 1.807) is 0 Å². The average Bonchev–Trinajstić information content (AvgIpc) is 2.11. The highest BCUT2D eigenvalue weighted by Gasteiger charge is 2.30. The van der Waals surface area contributed by atoms with Gasteiger partial charge in [0.2, 0.25) is 0 Å². The Morgan fingerprint density at radius 3 is 3.00 bits per heavy atom. The molecule has 0 saturated carbocycles. The Morgan fingerprint density at radius 2 is 2.22 bits per heavy atom. The van der Waals surface area contributed by atoms with Crippen LogP contribution in [0.2, 0.25) is 0 Å². The van der Waals surface area contributed by atoms with Gasteiger partial charge in [-0.15, -0.1) is 0 Å². The SMILES string of the molecule is O[C@@H]1C[C@@H]2CCN(C1)C2. The molecule has 0 aromatic rings. The zero-order chi connectivity index (χ0) is 6.27. The molecule has 1 N–H and O–H groups in total. The van der Waals surface area contributed by atoms with Crippen molar-refractivity contribution in [1.29, 1.82) is 0 Å². The van der Waals surface area contributed by atoms with Gasteiger partial charge in [0.25, 0.3) is 0 Å². The highest BCUT2D eigenvalue weighted by atomic mass is 16.3. The van der Waals surface area contributed by atoms with Crippen LogP contribution in [0.25, 0.3) is 0 Å². The molecule has 2 aliphatic heterocycles. The molecule has 2 aliphatic rings. The van der Waals surface area contributed by atoms with Crippen LogP contribution in [-0.4, -0.2) is 35.7 Å². The van der Waals surface area contributed by atoms with Crippen molar-refractivity contribution >= 4 is 0 Å². The van der Waals surface area contributed by atoms with Crippen LogP contribution < -0.4 is 0 Å². The maximum Gasteiger partial charge on any atom is 0.0670 e. The molecule has 0 aromatic heterocycles. The molecule has 2 bridgehead atoms. The van der Waals surface area contributed by atoms with Gasteiger partial charge in [-0.05, 0) is 25.3 Å². The summed E-state index contributed by atoms with van der Waals surface area (Å²) >= 11 is 0. The largest absolute Gasteiger partial charge is 0.392 e. The number of nitrogens with zero attached hydrogens (tertiary/aromatic N) is 1. The number of hydrogen-bond donors (Lipinski definition) is 1. The lowest BCUT2D eigenvalue weighted by molar-refractivity contribution is 0.0785. The van der Waals surface area contributed by atoms with Crippen molar-refractivity contribution in [3.05, 3.63) is 0 Å². The van der Waals surface area contributed by atoms with Gasteiger partial charge in [-0.2, -0.15) is 0 Å². The summed E-state index contributed by atoms with van der Waals surface area (Å²) in [4.78, 5) is 2.36. The molecule has 2 nitrogen and oxygen atoms in total. The van der Waals surface area contributed by atoms with Gasteiger partial charge in [-0.25, -0.2) is 0 Å². The molecule has 2 rings (SSSR count). The summed E-state index contributed by atoms with van der Waals surface area (Å²) in [5.41, 5.74) is 0. The van der Waals surface area contributed by atoms with Crippen LogP contribution in [0, 0.1) is 5.92 Å². The van der Waals surface area contributed by atoms with Gasteiger partial charge >= 0.3 is 0 Å². The Bertz CT molecular complexity index is 103. The van der Waals surface area contributed by atoms with Gasteiger partial charge in [0.1, 0.15) is 0 Å². The third kappa shape index (κ3) is 0.970. The molecule has 2 heteroatoms. The summed E-state index contributed by atoms with van der Waals surface area (Å²) in [6.45, 7) is 3.40. The van der Waals surface area contributed by atoms with Crippen LogP contribution >= 0.6 is 0 Å². The number of rotatable bonds is 0. The second-order valence-electron chi connectivity index (χ2n) is 3.30. The van der Waals surface area contributed by atoms with Crippen molar-refractivity contribution in [3.63, 3.8) is 0 Å². The summed E-state index contributed by atoms with van der Waals surface area (Å²) in [6, 6.07) is 0. The van der Waals surface area contributed by atoms with Crippen LogP contribution in [0.4, 0.5) is 0 Å². The molecule has 0 amide bonds. The maximum atomic E-state index is 9.25. The number of aliphatic hydroxyl groups excluding tert-OH is 1. The van der Waals surface area contributed by atoms with E-state index >= 15 is 0 Å². The lowest BCUT2D eigenvalue weighted by Gasteiger charge is -2.25. The Labute approximate surface area is 55.5 Å². The minimum Gasteiger partial charge on any atom is -0.392 e. The maximum absolute atomic E-state index is 9.25. The zero-order valence-electron chi connectivity index (χ0n) is 5.58. The number of aliphatic hydroxyl groups is 1. The summed E-state index contributed by atoms with van der Waals surface area (Å²) < 4.78 is 0. The lowest BCUT2D eigenvalue weighted by Crippen LogP contribution is -2.36. The molecule has 2 saturated heterocycles. The molecule has 3 atom stereocenters. The molecule has 0 aliphatic carbocycles. The highest BCUT2D eigenvalue weighted by molar-refractivity contribution is 4.84. The Kier molecular flexibility index (Phi) is 1.24. The van der Waals surface area contributed by atoms with E-state index < -0.39 is 0 Å². The van der Waals surface area contributed by atoms with E-state index in [-0.39, 0.29) is 6.10 Å². The molecule has 2 fully saturated rings. The minimum atomic E-state index is -0.0220. The first-order chi connectivity index (χ1) is 4.34. The number of fused-ring (bicyclic) bond motifs is 2. The summed E-state index contributed by atoms with van der Waals surface area (Å²) in [5.74, 6) is 0.814. The quantitative estimate of drug-likeness (QED) is 0.498. The summed E-state index contributed by atoms with van der Waals surface area (Å²) in [5, 5.41) is 9.25. The van der Waals surface area contributed by atoms with E-state index in [0.717, 1.165) is 18.9 Å². The van der Waals surface area contributed by atoms with Crippen LogP contribution in [0.5, 0.6) is 0 Å². The average molecular weight is 127 g/mol. The van der Waals surface area contributed by atoms with Crippen LogP contribution in [-0.2, 0) is 0 Å². The van der Waals surface area contributed by atoms with Crippen LogP contribution in [0.15, 0.2) is 0 Å². The normalized spacial score (nSPS) is 49.7. The third-order valence-electron chi connectivity index (χ3n) is 2.44. The molecular weight excluding hydrogens is 114 g/mol. The molecule has 0 aromatic carbocycles. The summed E-state index contributed by atoms with van der Waals surface area (Å²) in [6.07, 6.45) is 2.35. The first kappa shape index (κ1) is 5.69. The number of piperidine rings is 1. The van der Waals surface area contributed by atoms with Crippen LogP contribution in [0.3, 0.4) is 0 Å². The molecular formula is C7H13NO. The first-order valence-corrected chi connectivity index (χ1v) is 3.75. The van der Waals surface area contributed by atoms with Crippen molar-refractivity contribution in [1.82, 2.24) is 4.90 Å². The van der Waals surface area contributed by atoms with Gasteiger partial charge in [0.15, 0.2) is 0 Å². The number of hydrogen-bond acceptors (Lipinski definition) is 2. The highest BCUT2D eigenvalue weighted by Crippen LogP contribution is 2.26. The standard InChI is InChI=1S/C7H13NO/c9-7-3-6-1-2-8(4-6)5-7/h6-7,9H,1-5H2/t6-,7+/m0/s1. The molecule has 0 spiro atoms. The van der Waals surface area contributed by atoms with Gasteiger partial charge in [-0.3, -0.25) is 0 Å². The molecule has 9 heavy (non-hydrogen) atoms. The van der Waals surface area contributed by atoms with Crippen molar-refractivity contribution in [2.75, 3.05) is 19.6 Å². The van der Waals surface area contributed by atoms with E-state index in [0.29, 0.717) is 0 Å². The van der Waals surface area contributed by atoms with E-state index in [1.807, 2.05) is 0 Å². The van der Waals surface area contributed by atoms with Gasteiger partial charge in [0.05, 0.1) is 6.10 Å². The lowest BCUT2D eigenvalue weighted by atomic mass is 9.99. The van der Waals surface area contributed by atoms with Crippen molar-refractivity contribution < 1.29 is 5.11 Å². The molecule has 52 valence electrons. The minimum absolute atomic E-state index is 0.0220. The smallest absolute Gasteiger partial charge is 0.0670 e. The molecule has 2 heterocycles. The molecule has 0 radical (unpaired) electrons. The summed E-state index contributed by atoms with van der Waals surface area (Å²) in [7, 11) is 0. The Morgan fingerprint density at radius 1 is 1.33 bits per heavy atom. The fourth-order valence-electron chi connectivity index (χ4n) is 2.03. The second-order valence-corrected chi connectivity index (χ2v) is 3.30. The van der Waals surface area contributed by atoms with Gasteiger partial charge in [0, 0.05) is 13.1 Å². The van der Waals surface area contributed by atoms with Crippen LogP contribution in [0.1, 0.15) is 12.8 Å². The Balaban J connectivity index is 2.03. The molecule has 1 unspecified atom stereocenters. The van der Waals surface area contributed by atoms with Gasteiger partial charge in [-0.1, -0.05) is 0 Å². The third-order valence-corrected chi connectivity index (χ3v) is 2.44. The van der Waals surface area contributed by atoms with Crippen molar-refractivity contribution in [2.45, 2.75) is 18.9 Å². The van der Waals surface area contributed by atoms with E-state index in [9.17, 15) is 5.11 Å². The second kappa shape index (κ2) is 1.96. The first-order valence-electron chi connectivity index (χ1n) is 3.75. The van der Waals surface area contributed by atoms with E-state index in [2.05, 4.69) is 4.90 Å². The predicted molar refractivity (Wildman–Crippen MR) is 35.2 cm³/mol. The van der Waals surface area contributed by atoms with E-state index in [4.69, 9.17) is 0 Å². The topological polar surface area (TPSA) is 23.5 Å². The fraction of sp³-hybridized carbons (Fsp3) is 1.00. The fourth-order valence-corrected chi connectivity index (χ4v) is 2.03.